The van der Waals surface area contributed by atoms with Crippen molar-refractivity contribution in [2.45, 2.75) is 13.5 Å². The molecule has 0 aliphatic carbocycles. The number of hydrogen-bond donors (Lipinski definition) is 2. The fourth-order valence-corrected chi connectivity index (χ4v) is 1.64. The molecule has 1 aromatic carbocycles. The molecule has 0 unspecified atom stereocenters. The van der Waals surface area contributed by atoms with Gasteiger partial charge in [-0.2, -0.15) is 5.10 Å². The molecule has 0 aliphatic heterocycles. The molecule has 0 radical (unpaired) electrons. The van der Waals surface area contributed by atoms with Crippen molar-refractivity contribution in [1.29, 1.82) is 0 Å². The Morgan fingerprint density at radius 3 is 2.89 bits per heavy atom. The van der Waals surface area contributed by atoms with E-state index in [9.17, 15) is 0 Å². The summed E-state index contributed by atoms with van der Waals surface area (Å²) in [6.45, 7) is 2.56. The topological polar surface area (TPSA) is 68.2 Å². The van der Waals surface area contributed by atoms with Gasteiger partial charge in [0.25, 0.3) is 0 Å². The summed E-state index contributed by atoms with van der Waals surface area (Å²) in [4.78, 5) is 4.26. The van der Waals surface area contributed by atoms with E-state index in [1.165, 1.54) is 5.56 Å². The van der Waals surface area contributed by atoms with Crippen LogP contribution in [0.2, 0.25) is 0 Å². The Bertz CT molecular complexity index is 562. The molecule has 0 fully saturated rings. The Hall–Kier alpha value is -1.57. The summed E-state index contributed by atoms with van der Waals surface area (Å²) >= 11 is 0. The fraction of sp³-hybridized carbons (Fsp3) is 0.231. The lowest BCUT2D eigenvalue weighted by atomic mass is 10.2. The number of aliphatic imine (C=N–C) groups is 1. The third kappa shape index (κ3) is 4.90. The molecular weight excluding hydrogens is 353 g/mol. The van der Waals surface area contributed by atoms with Crippen molar-refractivity contribution in [3.63, 3.8) is 0 Å². The average Bonchev–Trinajstić information content (AvgIpc) is 2.73. The molecule has 0 atom stereocenters. The van der Waals surface area contributed by atoms with E-state index in [4.69, 9.17) is 5.73 Å². The predicted molar refractivity (Wildman–Crippen MR) is 88.8 cm³/mol. The standard InChI is InChI=1S/C13H17N5.HI/c1-10-4-3-5-12(6-10)17-13(14)15-7-11-8-16-18(2)9-11;/h3-6,8-9H,7H2,1-2H3,(H3,14,15,17);1H. The lowest BCUT2D eigenvalue weighted by molar-refractivity contribution is 0.767. The smallest absolute Gasteiger partial charge is 0.193 e. The molecule has 1 heterocycles. The van der Waals surface area contributed by atoms with Crippen LogP contribution >= 0.6 is 24.0 Å². The first-order chi connectivity index (χ1) is 8.63. The maximum absolute atomic E-state index is 5.82. The quantitative estimate of drug-likeness (QED) is 0.494. The number of anilines is 1. The van der Waals surface area contributed by atoms with Crippen LogP contribution in [0.4, 0.5) is 5.69 Å². The van der Waals surface area contributed by atoms with Gasteiger partial charge in [0, 0.05) is 24.5 Å². The first kappa shape index (κ1) is 15.5. The molecule has 19 heavy (non-hydrogen) atoms. The Morgan fingerprint density at radius 2 is 2.26 bits per heavy atom. The molecule has 5 nitrogen and oxygen atoms in total. The molecule has 0 saturated carbocycles. The Balaban J connectivity index is 0.00000180. The fourth-order valence-electron chi connectivity index (χ4n) is 1.64. The molecule has 0 saturated heterocycles. The van der Waals surface area contributed by atoms with E-state index in [-0.39, 0.29) is 24.0 Å². The number of benzene rings is 1. The lowest BCUT2D eigenvalue weighted by Crippen LogP contribution is -2.22. The van der Waals surface area contributed by atoms with Crippen LogP contribution in [0.25, 0.3) is 0 Å². The maximum Gasteiger partial charge on any atom is 0.193 e. The van der Waals surface area contributed by atoms with Gasteiger partial charge in [-0.15, -0.1) is 24.0 Å². The van der Waals surface area contributed by atoms with Gasteiger partial charge in [0.15, 0.2) is 5.96 Å². The van der Waals surface area contributed by atoms with Crippen LogP contribution in [-0.2, 0) is 13.6 Å². The summed E-state index contributed by atoms with van der Waals surface area (Å²) in [5.41, 5.74) is 8.98. The summed E-state index contributed by atoms with van der Waals surface area (Å²) in [6.07, 6.45) is 3.70. The minimum absolute atomic E-state index is 0. The van der Waals surface area contributed by atoms with Gasteiger partial charge < -0.3 is 11.1 Å². The molecule has 3 N–H and O–H groups in total. The highest BCUT2D eigenvalue weighted by Crippen LogP contribution is 2.09. The molecular formula is C13H18IN5. The van der Waals surface area contributed by atoms with Gasteiger partial charge in [0.1, 0.15) is 0 Å². The highest BCUT2D eigenvalue weighted by Gasteiger charge is 1.97. The van der Waals surface area contributed by atoms with Crippen molar-refractivity contribution >= 4 is 35.6 Å². The van der Waals surface area contributed by atoms with Gasteiger partial charge in [-0.25, -0.2) is 4.99 Å². The van der Waals surface area contributed by atoms with E-state index in [0.29, 0.717) is 12.5 Å². The van der Waals surface area contributed by atoms with Gasteiger partial charge in [-0.1, -0.05) is 12.1 Å². The van der Waals surface area contributed by atoms with Gasteiger partial charge in [-0.3, -0.25) is 4.68 Å². The number of aryl methyl sites for hydroxylation is 2. The minimum atomic E-state index is 0. The van der Waals surface area contributed by atoms with E-state index in [1.54, 1.807) is 10.9 Å². The van der Waals surface area contributed by atoms with E-state index in [0.717, 1.165) is 11.3 Å². The maximum atomic E-state index is 5.82. The first-order valence-corrected chi connectivity index (χ1v) is 5.74. The predicted octanol–water partition coefficient (Wildman–Crippen LogP) is 2.27. The molecule has 0 bridgehead atoms. The molecule has 6 heteroatoms. The highest BCUT2D eigenvalue weighted by atomic mass is 127. The van der Waals surface area contributed by atoms with Crippen LogP contribution in [0.15, 0.2) is 41.7 Å². The molecule has 0 amide bonds. The molecule has 102 valence electrons. The number of guanidine groups is 1. The van der Waals surface area contributed by atoms with Crippen molar-refractivity contribution < 1.29 is 0 Å². The summed E-state index contributed by atoms with van der Waals surface area (Å²) < 4.78 is 1.75. The summed E-state index contributed by atoms with van der Waals surface area (Å²) in [7, 11) is 1.88. The molecule has 2 aromatic rings. The van der Waals surface area contributed by atoms with Crippen LogP contribution in [0.3, 0.4) is 0 Å². The molecule has 1 aromatic heterocycles. The largest absolute Gasteiger partial charge is 0.370 e. The number of halogens is 1. The number of nitrogens with zero attached hydrogens (tertiary/aromatic N) is 3. The SMILES string of the molecule is Cc1cccc(NC(N)=NCc2cnn(C)c2)c1.I. The van der Waals surface area contributed by atoms with Crippen LogP contribution < -0.4 is 11.1 Å². The normalized spacial score (nSPS) is 10.9. The lowest BCUT2D eigenvalue weighted by Gasteiger charge is -2.05. The van der Waals surface area contributed by atoms with E-state index in [2.05, 4.69) is 15.4 Å². The zero-order valence-electron chi connectivity index (χ0n) is 11.0. The Labute approximate surface area is 129 Å². The third-order valence-corrected chi connectivity index (χ3v) is 2.48. The summed E-state index contributed by atoms with van der Waals surface area (Å²) in [6, 6.07) is 7.99. The molecule has 0 spiro atoms. The Kier molecular flexibility index (Phi) is 5.81. The van der Waals surface area contributed by atoms with Crippen LogP contribution in [0, 0.1) is 6.92 Å². The van der Waals surface area contributed by atoms with Crippen molar-refractivity contribution in [1.82, 2.24) is 9.78 Å². The van der Waals surface area contributed by atoms with E-state index in [1.807, 2.05) is 44.4 Å². The van der Waals surface area contributed by atoms with Gasteiger partial charge in [0.2, 0.25) is 0 Å². The number of nitrogens with one attached hydrogen (secondary N) is 1. The Morgan fingerprint density at radius 1 is 1.47 bits per heavy atom. The number of nitrogens with two attached hydrogens (primary N) is 1. The second-order valence-electron chi connectivity index (χ2n) is 4.22. The van der Waals surface area contributed by atoms with Crippen LogP contribution in [0.5, 0.6) is 0 Å². The zero-order valence-corrected chi connectivity index (χ0v) is 13.3. The van der Waals surface area contributed by atoms with Gasteiger partial charge >= 0.3 is 0 Å². The van der Waals surface area contributed by atoms with Crippen molar-refractivity contribution in [2.24, 2.45) is 17.8 Å². The second kappa shape index (κ2) is 7.13. The van der Waals surface area contributed by atoms with Crippen LogP contribution in [-0.4, -0.2) is 15.7 Å². The molecule has 2 rings (SSSR count). The van der Waals surface area contributed by atoms with E-state index < -0.39 is 0 Å². The number of rotatable bonds is 3. The third-order valence-electron chi connectivity index (χ3n) is 2.48. The van der Waals surface area contributed by atoms with Crippen molar-refractivity contribution in [3.05, 3.63) is 47.8 Å². The number of hydrogen-bond acceptors (Lipinski definition) is 2. The van der Waals surface area contributed by atoms with Gasteiger partial charge in [-0.05, 0) is 24.6 Å². The van der Waals surface area contributed by atoms with Gasteiger partial charge in [0.05, 0.1) is 12.7 Å². The average molecular weight is 371 g/mol. The molecule has 0 aliphatic rings. The van der Waals surface area contributed by atoms with E-state index >= 15 is 0 Å². The number of aromatic nitrogens is 2. The van der Waals surface area contributed by atoms with Crippen LogP contribution in [0.1, 0.15) is 11.1 Å². The monoisotopic (exact) mass is 371 g/mol. The van der Waals surface area contributed by atoms with Crippen molar-refractivity contribution in [3.8, 4) is 0 Å². The zero-order chi connectivity index (χ0) is 13.0. The highest BCUT2D eigenvalue weighted by molar-refractivity contribution is 14.0. The second-order valence-corrected chi connectivity index (χ2v) is 4.22. The van der Waals surface area contributed by atoms with Crippen molar-refractivity contribution in [2.75, 3.05) is 5.32 Å². The minimum Gasteiger partial charge on any atom is -0.370 e. The first-order valence-electron chi connectivity index (χ1n) is 5.74. The summed E-state index contributed by atoms with van der Waals surface area (Å²) in [5.74, 6) is 0.407. The summed E-state index contributed by atoms with van der Waals surface area (Å²) in [5, 5.41) is 7.14.